The molecule has 0 spiro atoms. The number of likely N-dealkylation sites (tertiary alicyclic amines) is 1. The van der Waals surface area contributed by atoms with Gasteiger partial charge in [-0.2, -0.15) is 0 Å². The van der Waals surface area contributed by atoms with Crippen molar-refractivity contribution in [3.05, 3.63) is 0 Å². The Balaban J connectivity index is 1.79. The molecule has 1 N–H and O–H groups in total. The fourth-order valence-electron chi connectivity index (χ4n) is 2.88. The van der Waals surface area contributed by atoms with Crippen LogP contribution < -0.4 is 5.32 Å². The minimum absolute atomic E-state index is 0.437. The molecule has 2 fully saturated rings. The molecule has 0 aromatic carbocycles. The molecule has 94 valence electrons. The van der Waals surface area contributed by atoms with Crippen molar-refractivity contribution in [1.82, 2.24) is 10.2 Å². The van der Waals surface area contributed by atoms with Crippen LogP contribution >= 0.6 is 0 Å². The van der Waals surface area contributed by atoms with E-state index < -0.39 is 0 Å². The van der Waals surface area contributed by atoms with Gasteiger partial charge in [0.15, 0.2) is 0 Å². The first-order chi connectivity index (χ1) is 7.81. The zero-order valence-electron chi connectivity index (χ0n) is 10.7. The molecule has 0 saturated carbocycles. The number of ether oxygens (including phenoxy) is 1. The normalized spacial score (nSPS) is 33.4. The molecule has 0 aromatic rings. The highest BCUT2D eigenvalue weighted by atomic mass is 16.5. The summed E-state index contributed by atoms with van der Waals surface area (Å²) in [6.07, 6.45) is 5.68. The topological polar surface area (TPSA) is 24.5 Å². The summed E-state index contributed by atoms with van der Waals surface area (Å²) < 4.78 is 5.86. The van der Waals surface area contributed by atoms with Gasteiger partial charge in [0, 0.05) is 31.7 Å². The summed E-state index contributed by atoms with van der Waals surface area (Å²) in [5.74, 6) is 0. The van der Waals surface area contributed by atoms with Gasteiger partial charge in [-0.25, -0.2) is 0 Å². The second kappa shape index (κ2) is 5.99. The number of hydrogen-bond acceptors (Lipinski definition) is 3. The lowest BCUT2D eigenvalue weighted by molar-refractivity contribution is -0.0555. The van der Waals surface area contributed by atoms with Crippen molar-refractivity contribution in [3.8, 4) is 0 Å². The van der Waals surface area contributed by atoms with Crippen molar-refractivity contribution in [2.75, 3.05) is 26.2 Å². The van der Waals surface area contributed by atoms with Crippen LogP contribution in [0.1, 0.15) is 39.5 Å². The third kappa shape index (κ3) is 2.96. The average molecular weight is 226 g/mol. The van der Waals surface area contributed by atoms with E-state index in [1.807, 2.05) is 0 Å². The largest absolute Gasteiger partial charge is 0.374 e. The number of nitrogens with one attached hydrogen (secondary N) is 1. The van der Waals surface area contributed by atoms with E-state index in [4.69, 9.17) is 4.74 Å². The van der Waals surface area contributed by atoms with Crippen molar-refractivity contribution in [2.45, 2.75) is 57.7 Å². The second-order valence-corrected chi connectivity index (χ2v) is 5.24. The van der Waals surface area contributed by atoms with Crippen LogP contribution in [0.4, 0.5) is 0 Å². The summed E-state index contributed by atoms with van der Waals surface area (Å²) >= 11 is 0. The molecule has 0 radical (unpaired) electrons. The molecular weight excluding hydrogens is 200 g/mol. The van der Waals surface area contributed by atoms with Crippen LogP contribution in [0, 0.1) is 0 Å². The maximum atomic E-state index is 5.86. The third-order valence-corrected chi connectivity index (χ3v) is 4.03. The van der Waals surface area contributed by atoms with Crippen LogP contribution in [-0.4, -0.2) is 49.3 Å². The maximum absolute atomic E-state index is 5.86. The van der Waals surface area contributed by atoms with Crippen molar-refractivity contribution in [3.63, 3.8) is 0 Å². The summed E-state index contributed by atoms with van der Waals surface area (Å²) in [6, 6.07) is 1.34. The minimum Gasteiger partial charge on any atom is -0.374 e. The van der Waals surface area contributed by atoms with Gasteiger partial charge in [0.25, 0.3) is 0 Å². The fraction of sp³-hybridized carbons (Fsp3) is 1.00. The molecule has 3 heteroatoms. The minimum atomic E-state index is 0.437. The van der Waals surface area contributed by atoms with Crippen LogP contribution in [0.5, 0.6) is 0 Å². The van der Waals surface area contributed by atoms with Gasteiger partial charge in [-0.05, 0) is 19.8 Å². The van der Waals surface area contributed by atoms with Crippen LogP contribution in [0.3, 0.4) is 0 Å². The number of fused-ring (bicyclic) bond motifs is 1. The molecule has 2 aliphatic heterocycles. The Labute approximate surface area is 99.5 Å². The van der Waals surface area contributed by atoms with Gasteiger partial charge in [0.1, 0.15) is 0 Å². The summed E-state index contributed by atoms with van der Waals surface area (Å²) in [6.45, 7) is 8.93. The zero-order chi connectivity index (χ0) is 11.4. The van der Waals surface area contributed by atoms with E-state index in [9.17, 15) is 0 Å². The van der Waals surface area contributed by atoms with E-state index in [0.29, 0.717) is 12.1 Å². The van der Waals surface area contributed by atoms with Gasteiger partial charge in [0.2, 0.25) is 0 Å². The highest BCUT2D eigenvalue weighted by molar-refractivity contribution is 4.89. The molecule has 0 bridgehead atoms. The van der Waals surface area contributed by atoms with E-state index in [0.717, 1.165) is 25.7 Å². The number of nitrogens with zero attached hydrogens (tertiary/aromatic N) is 1. The number of hydrogen-bond donors (Lipinski definition) is 1. The molecule has 0 amide bonds. The standard InChI is InChI=1S/C13H26N2O/c1-3-4-5-11(2)15-8-6-12-13(10-15)16-9-7-14-12/h11-14H,3-10H2,1-2H3/t11-,12-,13-/m0/s1. The van der Waals surface area contributed by atoms with E-state index >= 15 is 0 Å². The fourth-order valence-corrected chi connectivity index (χ4v) is 2.88. The predicted octanol–water partition coefficient (Wildman–Crippen LogP) is 1.63. The SMILES string of the molecule is CCCC[C@H](C)N1CC[C@@H]2NCCO[C@H]2C1. The van der Waals surface area contributed by atoms with Gasteiger partial charge < -0.3 is 10.1 Å². The van der Waals surface area contributed by atoms with Crippen LogP contribution in [0.15, 0.2) is 0 Å². The maximum Gasteiger partial charge on any atom is 0.0855 e. The van der Waals surface area contributed by atoms with Gasteiger partial charge >= 0.3 is 0 Å². The van der Waals surface area contributed by atoms with E-state index in [1.165, 1.54) is 32.2 Å². The third-order valence-electron chi connectivity index (χ3n) is 4.03. The molecule has 3 nitrogen and oxygen atoms in total. The average Bonchev–Trinajstić information content (AvgIpc) is 2.35. The predicted molar refractivity (Wildman–Crippen MR) is 66.7 cm³/mol. The van der Waals surface area contributed by atoms with Crippen molar-refractivity contribution in [1.29, 1.82) is 0 Å². The highest BCUT2D eigenvalue weighted by Crippen LogP contribution is 2.20. The summed E-state index contributed by atoms with van der Waals surface area (Å²) in [5, 5.41) is 3.57. The molecule has 2 rings (SSSR count). The van der Waals surface area contributed by atoms with E-state index in [2.05, 4.69) is 24.1 Å². The van der Waals surface area contributed by atoms with Crippen molar-refractivity contribution >= 4 is 0 Å². The molecule has 2 heterocycles. The molecule has 0 unspecified atom stereocenters. The van der Waals surface area contributed by atoms with E-state index in [1.54, 1.807) is 0 Å². The molecule has 16 heavy (non-hydrogen) atoms. The second-order valence-electron chi connectivity index (χ2n) is 5.24. The first-order valence-corrected chi connectivity index (χ1v) is 6.90. The van der Waals surface area contributed by atoms with Crippen LogP contribution in [0.2, 0.25) is 0 Å². The van der Waals surface area contributed by atoms with Gasteiger partial charge in [0.05, 0.1) is 12.7 Å². The number of morpholine rings is 1. The van der Waals surface area contributed by atoms with Crippen LogP contribution in [-0.2, 0) is 4.74 Å². The van der Waals surface area contributed by atoms with Gasteiger partial charge in [-0.15, -0.1) is 0 Å². The first-order valence-electron chi connectivity index (χ1n) is 6.90. The highest BCUT2D eigenvalue weighted by Gasteiger charge is 2.33. The van der Waals surface area contributed by atoms with Gasteiger partial charge in [-0.1, -0.05) is 19.8 Å². The van der Waals surface area contributed by atoms with Crippen molar-refractivity contribution < 1.29 is 4.74 Å². The van der Waals surface area contributed by atoms with Crippen LogP contribution in [0.25, 0.3) is 0 Å². The molecule has 2 saturated heterocycles. The number of piperidine rings is 1. The lowest BCUT2D eigenvalue weighted by Gasteiger charge is -2.43. The zero-order valence-corrected chi connectivity index (χ0v) is 10.7. The Morgan fingerprint density at radius 3 is 3.19 bits per heavy atom. The lowest BCUT2D eigenvalue weighted by atomic mass is 9.98. The van der Waals surface area contributed by atoms with Crippen molar-refractivity contribution in [2.24, 2.45) is 0 Å². The smallest absolute Gasteiger partial charge is 0.0855 e. The summed E-state index contributed by atoms with van der Waals surface area (Å²) in [4.78, 5) is 2.61. The van der Waals surface area contributed by atoms with Gasteiger partial charge in [-0.3, -0.25) is 4.90 Å². The Hall–Kier alpha value is -0.120. The first kappa shape index (κ1) is 12.3. The Bertz CT molecular complexity index is 210. The molecule has 0 aromatic heterocycles. The quantitative estimate of drug-likeness (QED) is 0.788. The summed E-state index contributed by atoms with van der Waals surface area (Å²) in [5.41, 5.74) is 0. The Morgan fingerprint density at radius 1 is 1.50 bits per heavy atom. The number of rotatable bonds is 4. The summed E-state index contributed by atoms with van der Waals surface area (Å²) in [7, 11) is 0. The van der Waals surface area contributed by atoms with E-state index in [-0.39, 0.29) is 0 Å². The molecule has 2 aliphatic rings. The monoisotopic (exact) mass is 226 g/mol. The molecule has 0 aliphatic carbocycles. The molecular formula is C13H26N2O. The number of unbranched alkanes of at least 4 members (excludes halogenated alkanes) is 1. The Morgan fingerprint density at radius 2 is 2.38 bits per heavy atom. The Kier molecular flexibility index (Phi) is 4.62. The lowest BCUT2D eigenvalue weighted by Crippen LogP contribution is -2.59. The molecule has 3 atom stereocenters.